The van der Waals surface area contributed by atoms with Gasteiger partial charge in [0, 0.05) is 40.2 Å². The topological polar surface area (TPSA) is 28.2 Å². The van der Waals surface area contributed by atoms with Gasteiger partial charge in [-0.05, 0) is 50.8 Å². The highest BCUT2D eigenvalue weighted by atomic mass is 35.5. The lowest BCUT2D eigenvalue weighted by Crippen LogP contribution is -2.17. The summed E-state index contributed by atoms with van der Waals surface area (Å²) >= 11 is 6.27. The zero-order chi connectivity index (χ0) is 17.4. The maximum absolute atomic E-state index is 6.27. The largest absolute Gasteiger partial charge is 0.384 e. The molecule has 4 rings (SSSR count). The average Bonchev–Trinajstić information content (AvgIpc) is 2.96. The van der Waals surface area contributed by atoms with Crippen LogP contribution >= 0.6 is 11.6 Å². The van der Waals surface area contributed by atoms with Crippen molar-refractivity contribution in [1.82, 2.24) is 9.88 Å². The van der Waals surface area contributed by atoms with E-state index in [0.717, 1.165) is 47.6 Å². The number of benzene rings is 2. The number of nitrogens with one attached hydrogen (secondary N) is 1. The lowest BCUT2D eigenvalue weighted by molar-refractivity contribution is 0.405. The Bertz CT molecular complexity index is 934. The predicted molar refractivity (Wildman–Crippen MR) is 107 cm³/mol. The number of nitrogens with zero attached hydrogens (tertiary/aromatic N) is 2. The Labute approximate surface area is 153 Å². The zero-order valence-corrected chi connectivity index (χ0v) is 15.4. The van der Waals surface area contributed by atoms with Gasteiger partial charge in [0.05, 0.1) is 11.2 Å². The lowest BCUT2D eigenvalue weighted by Gasteiger charge is -2.16. The van der Waals surface area contributed by atoms with Gasteiger partial charge < -0.3 is 10.2 Å². The molecule has 128 valence electrons. The molecular weight excluding hydrogens is 330 g/mol. The molecule has 0 saturated heterocycles. The van der Waals surface area contributed by atoms with Crippen LogP contribution in [0.25, 0.3) is 22.2 Å². The fourth-order valence-electron chi connectivity index (χ4n) is 3.58. The van der Waals surface area contributed by atoms with Crippen molar-refractivity contribution in [1.29, 1.82) is 0 Å². The SMILES string of the molecule is CN(C)CCCNc1c2c(nc3ccc(Cl)cc13)-c1ccccc1C2. The number of pyridine rings is 1. The molecule has 1 aliphatic carbocycles. The zero-order valence-electron chi connectivity index (χ0n) is 14.6. The van der Waals surface area contributed by atoms with Crippen LogP contribution in [0.15, 0.2) is 42.5 Å². The second-order valence-corrected chi connectivity index (χ2v) is 7.33. The van der Waals surface area contributed by atoms with Crippen LogP contribution in [0.1, 0.15) is 17.5 Å². The first-order valence-electron chi connectivity index (χ1n) is 8.72. The van der Waals surface area contributed by atoms with Gasteiger partial charge in [-0.25, -0.2) is 4.98 Å². The minimum atomic E-state index is 0.751. The molecule has 0 saturated carbocycles. The normalized spacial score (nSPS) is 12.5. The van der Waals surface area contributed by atoms with Gasteiger partial charge in [0.1, 0.15) is 0 Å². The highest BCUT2D eigenvalue weighted by Crippen LogP contribution is 2.42. The molecule has 3 nitrogen and oxygen atoms in total. The summed E-state index contributed by atoms with van der Waals surface area (Å²) in [7, 11) is 4.21. The molecule has 1 heterocycles. The van der Waals surface area contributed by atoms with Crippen LogP contribution < -0.4 is 5.32 Å². The third kappa shape index (κ3) is 3.10. The Morgan fingerprint density at radius 2 is 2.00 bits per heavy atom. The van der Waals surface area contributed by atoms with Crippen molar-refractivity contribution >= 4 is 28.2 Å². The number of hydrogen-bond acceptors (Lipinski definition) is 3. The van der Waals surface area contributed by atoms with Crippen LogP contribution in [0.4, 0.5) is 5.69 Å². The summed E-state index contributed by atoms with van der Waals surface area (Å²) in [5.41, 5.74) is 7.20. The van der Waals surface area contributed by atoms with Gasteiger partial charge in [0.25, 0.3) is 0 Å². The lowest BCUT2D eigenvalue weighted by atomic mass is 10.1. The Morgan fingerprint density at radius 1 is 1.16 bits per heavy atom. The molecule has 0 unspecified atom stereocenters. The van der Waals surface area contributed by atoms with E-state index in [1.54, 1.807) is 0 Å². The smallest absolute Gasteiger partial charge is 0.0768 e. The third-order valence-corrected chi connectivity index (χ3v) is 5.01. The molecule has 0 atom stereocenters. The van der Waals surface area contributed by atoms with E-state index < -0.39 is 0 Å². The van der Waals surface area contributed by atoms with E-state index >= 15 is 0 Å². The highest BCUT2D eigenvalue weighted by Gasteiger charge is 2.24. The van der Waals surface area contributed by atoms with Gasteiger partial charge >= 0.3 is 0 Å². The van der Waals surface area contributed by atoms with Crippen LogP contribution in [-0.2, 0) is 6.42 Å². The Hall–Kier alpha value is -2.10. The van der Waals surface area contributed by atoms with Crippen molar-refractivity contribution in [2.75, 3.05) is 32.5 Å². The fourth-order valence-corrected chi connectivity index (χ4v) is 3.75. The third-order valence-electron chi connectivity index (χ3n) is 4.77. The maximum Gasteiger partial charge on any atom is 0.0768 e. The summed E-state index contributed by atoms with van der Waals surface area (Å²) in [4.78, 5) is 7.16. The number of rotatable bonds is 5. The van der Waals surface area contributed by atoms with E-state index in [1.807, 2.05) is 18.2 Å². The molecule has 0 radical (unpaired) electrons. The van der Waals surface area contributed by atoms with Crippen LogP contribution in [0.5, 0.6) is 0 Å². The second kappa shape index (κ2) is 6.66. The summed E-state index contributed by atoms with van der Waals surface area (Å²) in [6, 6.07) is 14.5. The molecular formula is C21H22ClN3. The molecule has 25 heavy (non-hydrogen) atoms. The highest BCUT2D eigenvalue weighted by molar-refractivity contribution is 6.31. The van der Waals surface area contributed by atoms with E-state index in [1.165, 1.54) is 22.4 Å². The molecule has 1 aromatic heterocycles. The predicted octanol–water partition coefficient (Wildman–Crippen LogP) is 4.82. The van der Waals surface area contributed by atoms with E-state index in [0.29, 0.717) is 0 Å². The van der Waals surface area contributed by atoms with Gasteiger partial charge in [0.15, 0.2) is 0 Å². The monoisotopic (exact) mass is 351 g/mol. The molecule has 0 amide bonds. The minimum absolute atomic E-state index is 0.751. The Morgan fingerprint density at radius 3 is 2.84 bits per heavy atom. The van der Waals surface area contributed by atoms with E-state index in [-0.39, 0.29) is 0 Å². The first-order valence-corrected chi connectivity index (χ1v) is 9.10. The van der Waals surface area contributed by atoms with Crippen LogP contribution in [0.3, 0.4) is 0 Å². The van der Waals surface area contributed by atoms with Crippen molar-refractivity contribution in [3.05, 3.63) is 58.6 Å². The summed E-state index contributed by atoms with van der Waals surface area (Å²) in [6.45, 7) is 2.01. The van der Waals surface area contributed by atoms with Crippen molar-refractivity contribution in [2.45, 2.75) is 12.8 Å². The summed E-state index contributed by atoms with van der Waals surface area (Å²) in [5.74, 6) is 0. The quantitative estimate of drug-likeness (QED) is 0.522. The number of anilines is 1. The van der Waals surface area contributed by atoms with Gasteiger partial charge in [0.2, 0.25) is 0 Å². The van der Waals surface area contributed by atoms with Crippen LogP contribution in [-0.4, -0.2) is 37.1 Å². The van der Waals surface area contributed by atoms with Crippen molar-refractivity contribution in [3.8, 4) is 11.3 Å². The minimum Gasteiger partial charge on any atom is -0.384 e. The Balaban J connectivity index is 1.79. The van der Waals surface area contributed by atoms with E-state index in [9.17, 15) is 0 Å². The van der Waals surface area contributed by atoms with Crippen molar-refractivity contribution in [2.24, 2.45) is 0 Å². The standard InChI is InChI=1S/C21H22ClN3/c1-25(2)11-5-10-23-20-17-13-15(22)8-9-19(17)24-21-16-7-4-3-6-14(16)12-18(20)21/h3-4,6-9,13H,5,10-12H2,1-2H3,(H,23,24). The molecule has 1 aliphatic rings. The van der Waals surface area contributed by atoms with E-state index in [4.69, 9.17) is 16.6 Å². The molecule has 0 fully saturated rings. The Kier molecular flexibility index (Phi) is 4.36. The van der Waals surface area contributed by atoms with Gasteiger partial charge in [-0.1, -0.05) is 35.9 Å². The fraction of sp³-hybridized carbons (Fsp3) is 0.286. The molecule has 3 aromatic rings. The van der Waals surface area contributed by atoms with Gasteiger partial charge in [-0.15, -0.1) is 0 Å². The summed E-state index contributed by atoms with van der Waals surface area (Å²) in [5, 5.41) is 5.55. The number of halogens is 1. The van der Waals surface area contributed by atoms with Gasteiger partial charge in [-0.2, -0.15) is 0 Å². The summed E-state index contributed by atoms with van der Waals surface area (Å²) < 4.78 is 0. The van der Waals surface area contributed by atoms with E-state index in [2.05, 4.69) is 48.6 Å². The van der Waals surface area contributed by atoms with Crippen LogP contribution in [0, 0.1) is 0 Å². The molecule has 4 heteroatoms. The van der Waals surface area contributed by atoms with Crippen molar-refractivity contribution < 1.29 is 0 Å². The summed E-state index contributed by atoms with van der Waals surface area (Å²) in [6.07, 6.45) is 2.02. The molecule has 0 aliphatic heterocycles. The second-order valence-electron chi connectivity index (χ2n) is 6.89. The molecule has 0 bridgehead atoms. The molecule has 0 spiro atoms. The first kappa shape index (κ1) is 16.4. The number of hydrogen-bond donors (Lipinski definition) is 1. The number of fused-ring (bicyclic) bond motifs is 4. The maximum atomic E-state index is 6.27. The molecule has 2 aromatic carbocycles. The van der Waals surface area contributed by atoms with Gasteiger partial charge in [-0.3, -0.25) is 0 Å². The first-order chi connectivity index (χ1) is 12.1. The average molecular weight is 352 g/mol. The van der Waals surface area contributed by atoms with Crippen LogP contribution in [0.2, 0.25) is 5.02 Å². The number of aromatic nitrogens is 1. The molecule has 1 N–H and O–H groups in total. The van der Waals surface area contributed by atoms with Crippen molar-refractivity contribution in [3.63, 3.8) is 0 Å².